The van der Waals surface area contributed by atoms with E-state index in [2.05, 4.69) is 16.0 Å². The van der Waals surface area contributed by atoms with Gasteiger partial charge in [-0.15, -0.1) is 12.4 Å². The molecular weight excluding hydrogens is 337 g/mol. The molecule has 1 aromatic carbocycles. The van der Waals surface area contributed by atoms with Gasteiger partial charge in [-0.2, -0.15) is 0 Å². The number of halogens is 2. The lowest BCUT2D eigenvalue weighted by Gasteiger charge is -2.23. The van der Waals surface area contributed by atoms with Gasteiger partial charge in [-0.25, -0.2) is 4.39 Å². The molecule has 0 aliphatic carbocycles. The van der Waals surface area contributed by atoms with Crippen LogP contribution in [0.1, 0.15) is 12.0 Å². The summed E-state index contributed by atoms with van der Waals surface area (Å²) in [5.74, 6) is -0.637. The smallest absolute Gasteiger partial charge is 0.224 e. The lowest BCUT2D eigenvalue weighted by Crippen LogP contribution is -2.45. The van der Waals surface area contributed by atoms with Crippen LogP contribution in [0.2, 0.25) is 0 Å². The zero-order valence-electron chi connectivity index (χ0n) is 13.3. The first kappa shape index (κ1) is 20.3. The number of ether oxygens (including phenoxy) is 1. The van der Waals surface area contributed by atoms with Crippen molar-refractivity contribution in [3.8, 4) is 0 Å². The maximum absolute atomic E-state index is 13.0. The standard InChI is InChI=1S/C16H22FN3O3.ClH/c17-13-3-1-2-12(8-13)9-15(21)19-4-5-20-16(22)10-14-11-23-7-6-18-14;/h1-3,8,14,18H,4-7,9-11H2,(H,19,21)(H,20,22);1H. The highest BCUT2D eigenvalue weighted by Crippen LogP contribution is 2.03. The van der Waals surface area contributed by atoms with E-state index < -0.39 is 0 Å². The highest BCUT2D eigenvalue weighted by atomic mass is 35.5. The predicted octanol–water partition coefficient (Wildman–Crippen LogP) is 0.401. The molecule has 0 bridgehead atoms. The molecule has 0 saturated carbocycles. The van der Waals surface area contributed by atoms with Crippen molar-refractivity contribution in [2.45, 2.75) is 18.9 Å². The number of amides is 2. The highest BCUT2D eigenvalue weighted by Gasteiger charge is 2.16. The molecule has 1 fully saturated rings. The average molecular weight is 360 g/mol. The summed E-state index contributed by atoms with van der Waals surface area (Å²) in [5.41, 5.74) is 0.620. The van der Waals surface area contributed by atoms with Crippen molar-refractivity contribution in [3.63, 3.8) is 0 Å². The normalized spacial score (nSPS) is 16.8. The molecule has 2 amide bonds. The zero-order valence-corrected chi connectivity index (χ0v) is 14.2. The molecule has 8 heteroatoms. The van der Waals surface area contributed by atoms with Crippen molar-refractivity contribution in [1.82, 2.24) is 16.0 Å². The molecule has 2 rings (SSSR count). The third-order valence-electron chi connectivity index (χ3n) is 3.45. The predicted molar refractivity (Wildman–Crippen MR) is 90.6 cm³/mol. The molecule has 0 aromatic heterocycles. The molecule has 0 radical (unpaired) electrons. The van der Waals surface area contributed by atoms with Crippen LogP contribution in [0.3, 0.4) is 0 Å². The Balaban J connectivity index is 0.00000288. The summed E-state index contributed by atoms with van der Waals surface area (Å²) in [6.45, 7) is 2.68. The van der Waals surface area contributed by atoms with Crippen LogP contribution < -0.4 is 16.0 Å². The minimum absolute atomic E-state index is 0. The third kappa shape index (κ3) is 7.72. The molecule has 1 unspecified atom stereocenters. The number of benzene rings is 1. The Hall–Kier alpha value is -1.70. The van der Waals surface area contributed by atoms with E-state index >= 15 is 0 Å². The second-order valence-corrected chi connectivity index (χ2v) is 5.44. The first-order chi connectivity index (χ1) is 11.1. The summed E-state index contributed by atoms with van der Waals surface area (Å²) < 4.78 is 18.3. The van der Waals surface area contributed by atoms with Gasteiger partial charge in [-0.05, 0) is 17.7 Å². The van der Waals surface area contributed by atoms with Gasteiger partial charge in [-0.3, -0.25) is 9.59 Å². The number of nitrogens with one attached hydrogen (secondary N) is 3. The molecule has 0 spiro atoms. The summed E-state index contributed by atoms with van der Waals surface area (Å²) in [7, 11) is 0. The first-order valence-corrected chi connectivity index (χ1v) is 7.72. The zero-order chi connectivity index (χ0) is 16.5. The largest absolute Gasteiger partial charge is 0.378 e. The third-order valence-corrected chi connectivity index (χ3v) is 3.45. The number of rotatable bonds is 7. The molecule has 6 nitrogen and oxygen atoms in total. The average Bonchev–Trinajstić information content (AvgIpc) is 2.52. The topological polar surface area (TPSA) is 79.5 Å². The van der Waals surface area contributed by atoms with Crippen molar-refractivity contribution in [2.75, 3.05) is 32.8 Å². The summed E-state index contributed by atoms with van der Waals surface area (Å²) >= 11 is 0. The van der Waals surface area contributed by atoms with Crippen molar-refractivity contribution in [1.29, 1.82) is 0 Å². The Morgan fingerprint density at radius 1 is 1.25 bits per heavy atom. The quantitative estimate of drug-likeness (QED) is 0.616. The second-order valence-electron chi connectivity index (χ2n) is 5.44. The van der Waals surface area contributed by atoms with Gasteiger partial charge in [0.2, 0.25) is 11.8 Å². The summed E-state index contributed by atoms with van der Waals surface area (Å²) in [4.78, 5) is 23.4. The Morgan fingerprint density at radius 2 is 2.00 bits per heavy atom. The summed E-state index contributed by atoms with van der Waals surface area (Å²) in [6.07, 6.45) is 0.478. The molecule has 24 heavy (non-hydrogen) atoms. The lowest BCUT2D eigenvalue weighted by atomic mass is 10.1. The molecule has 3 N–H and O–H groups in total. The Bertz CT molecular complexity index is 539. The number of carbonyl (C=O) groups is 2. The monoisotopic (exact) mass is 359 g/mol. The minimum Gasteiger partial charge on any atom is -0.378 e. The Kier molecular flexibility index (Phi) is 9.29. The molecule has 1 heterocycles. The van der Waals surface area contributed by atoms with E-state index in [9.17, 15) is 14.0 Å². The van der Waals surface area contributed by atoms with Crippen LogP contribution in [-0.2, 0) is 20.7 Å². The van der Waals surface area contributed by atoms with E-state index in [-0.39, 0.29) is 42.5 Å². The molecule has 1 aliphatic heterocycles. The van der Waals surface area contributed by atoms with Crippen LogP contribution in [0.25, 0.3) is 0 Å². The summed E-state index contributed by atoms with van der Waals surface area (Å²) in [6, 6.07) is 5.99. The van der Waals surface area contributed by atoms with Gasteiger partial charge in [0.25, 0.3) is 0 Å². The van der Waals surface area contributed by atoms with E-state index in [0.717, 1.165) is 6.54 Å². The molecule has 1 saturated heterocycles. The molecule has 1 atom stereocenters. The number of hydrogen-bond donors (Lipinski definition) is 3. The van der Waals surface area contributed by atoms with Gasteiger partial charge in [-0.1, -0.05) is 12.1 Å². The second kappa shape index (κ2) is 11.0. The van der Waals surface area contributed by atoms with Gasteiger partial charge < -0.3 is 20.7 Å². The Morgan fingerprint density at radius 3 is 2.67 bits per heavy atom. The molecule has 134 valence electrons. The van der Waals surface area contributed by atoms with Crippen LogP contribution in [0.4, 0.5) is 4.39 Å². The fraction of sp³-hybridized carbons (Fsp3) is 0.500. The molecular formula is C16H23ClFN3O3. The van der Waals surface area contributed by atoms with Crippen LogP contribution in [0.15, 0.2) is 24.3 Å². The van der Waals surface area contributed by atoms with E-state index in [1.165, 1.54) is 12.1 Å². The van der Waals surface area contributed by atoms with Crippen LogP contribution >= 0.6 is 12.4 Å². The van der Waals surface area contributed by atoms with E-state index in [1.54, 1.807) is 12.1 Å². The van der Waals surface area contributed by atoms with Crippen molar-refractivity contribution >= 4 is 24.2 Å². The highest BCUT2D eigenvalue weighted by molar-refractivity contribution is 5.85. The number of hydrogen-bond acceptors (Lipinski definition) is 4. The maximum atomic E-state index is 13.0. The van der Waals surface area contributed by atoms with Gasteiger partial charge in [0, 0.05) is 32.1 Å². The van der Waals surface area contributed by atoms with Crippen molar-refractivity contribution < 1.29 is 18.7 Å². The fourth-order valence-corrected chi connectivity index (χ4v) is 2.35. The van der Waals surface area contributed by atoms with Gasteiger partial charge in [0.1, 0.15) is 5.82 Å². The van der Waals surface area contributed by atoms with Crippen molar-refractivity contribution in [2.24, 2.45) is 0 Å². The maximum Gasteiger partial charge on any atom is 0.224 e. The van der Waals surface area contributed by atoms with Gasteiger partial charge in [0.15, 0.2) is 0 Å². The number of morpholine rings is 1. The SMILES string of the molecule is Cl.O=C(Cc1cccc(F)c1)NCCNC(=O)CC1COCCN1. The molecule has 1 aromatic rings. The van der Waals surface area contributed by atoms with Gasteiger partial charge in [0.05, 0.1) is 19.6 Å². The summed E-state index contributed by atoms with van der Waals surface area (Å²) in [5, 5.41) is 8.65. The van der Waals surface area contributed by atoms with Crippen LogP contribution in [0, 0.1) is 5.82 Å². The van der Waals surface area contributed by atoms with Crippen LogP contribution in [-0.4, -0.2) is 50.7 Å². The Labute approximate surface area is 146 Å². The van der Waals surface area contributed by atoms with Gasteiger partial charge >= 0.3 is 0 Å². The lowest BCUT2D eigenvalue weighted by molar-refractivity contribution is -0.123. The van der Waals surface area contributed by atoms with E-state index in [1.807, 2.05) is 0 Å². The van der Waals surface area contributed by atoms with Crippen molar-refractivity contribution in [3.05, 3.63) is 35.6 Å². The fourth-order valence-electron chi connectivity index (χ4n) is 2.35. The minimum atomic E-state index is -0.358. The number of carbonyl (C=O) groups excluding carboxylic acids is 2. The van der Waals surface area contributed by atoms with E-state index in [4.69, 9.17) is 4.74 Å². The van der Waals surface area contributed by atoms with E-state index in [0.29, 0.717) is 38.3 Å². The van der Waals surface area contributed by atoms with Crippen LogP contribution in [0.5, 0.6) is 0 Å². The first-order valence-electron chi connectivity index (χ1n) is 7.72. The molecule has 1 aliphatic rings.